The lowest BCUT2D eigenvalue weighted by Crippen LogP contribution is -2.24. The average molecular weight is 460 g/mol. The number of fused-ring (bicyclic) bond motifs is 3. The molecule has 5 aromatic rings. The van der Waals surface area contributed by atoms with E-state index >= 15 is 0 Å². The van der Waals surface area contributed by atoms with Gasteiger partial charge in [0, 0.05) is 0 Å². The fourth-order valence-corrected chi connectivity index (χ4v) is 4.60. The van der Waals surface area contributed by atoms with Gasteiger partial charge in [0.05, 0.1) is 35.2 Å². The summed E-state index contributed by atoms with van der Waals surface area (Å²) in [6, 6.07) is 16.9. The molecule has 0 bridgehead atoms. The van der Waals surface area contributed by atoms with Crippen molar-refractivity contribution in [1.82, 2.24) is 24.5 Å². The van der Waals surface area contributed by atoms with Gasteiger partial charge < -0.3 is 9.73 Å². The molecule has 0 saturated heterocycles. The van der Waals surface area contributed by atoms with E-state index in [0.29, 0.717) is 34.1 Å². The van der Waals surface area contributed by atoms with Crippen molar-refractivity contribution in [2.75, 3.05) is 5.75 Å². The Morgan fingerprint density at radius 3 is 2.73 bits per heavy atom. The third kappa shape index (κ3) is 3.91. The summed E-state index contributed by atoms with van der Waals surface area (Å²) >= 11 is 1.26. The fraction of sp³-hybridized carbons (Fsp3) is 0.167. The number of carbonyl (C=O) groups excluding carboxylic acids is 1. The molecule has 8 nitrogen and oxygen atoms in total. The Bertz CT molecular complexity index is 1540. The lowest BCUT2D eigenvalue weighted by molar-refractivity contribution is -0.118. The van der Waals surface area contributed by atoms with Crippen molar-refractivity contribution < 1.29 is 9.21 Å². The van der Waals surface area contributed by atoms with Crippen molar-refractivity contribution in [2.24, 2.45) is 0 Å². The molecule has 5 rings (SSSR count). The van der Waals surface area contributed by atoms with E-state index in [0.717, 1.165) is 16.8 Å². The van der Waals surface area contributed by atoms with Crippen molar-refractivity contribution in [1.29, 1.82) is 0 Å². The van der Waals surface area contributed by atoms with Crippen LogP contribution >= 0.6 is 11.8 Å². The molecule has 0 aliphatic carbocycles. The maximum absolute atomic E-state index is 13.5. The first-order chi connectivity index (χ1) is 16.0. The molecule has 166 valence electrons. The number of hydrogen-bond acceptors (Lipinski definition) is 6. The summed E-state index contributed by atoms with van der Waals surface area (Å²) in [6.45, 7) is 4.30. The quantitative estimate of drug-likeness (QED) is 0.390. The molecule has 1 amide bonds. The monoisotopic (exact) mass is 459 g/mol. The SMILES string of the molecule is Cc1ccc(-n2c(=O)c3ccccc3n3c(SCC(=O)NCc4ccco4)nnc23)c(C)c1. The summed E-state index contributed by atoms with van der Waals surface area (Å²) in [5.74, 6) is 1.09. The number of nitrogens with zero attached hydrogens (tertiary/aromatic N) is 4. The topological polar surface area (TPSA) is 94.4 Å². The minimum atomic E-state index is -0.162. The van der Waals surface area contributed by atoms with Crippen LogP contribution in [0.15, 0.2) is 75.2 Å². The molecule has 3 aromatic heterocycles. The van der Waals surface area contributed by atoms with Crippen LogP contribution in [0, 0.1) is 13.8 Å². The molecular formula is C24H21N5O3S. The summed E-state index contributed by atoms with van der Waals surface area (Å²) in [5, 5.41) is 12.6. The van der Waals surface area contributed by atoms with Crippen molar-refractivity contribution in [3.8, 4) is 5.69 Å². The number of nitrogens with one attached hydrogen (secondary N) is 1. The first-order valence-corrected chi connectivity index (χ1v) is 11.4. The molecule has 1 N–H and O–H groups in total. The summed E-state index contributed by atoms with van der Waals surface area (Å²) in [6.07, 6.45) is 1.57. The Morgan fingerprint density at radius 1 is 1.09 bits per heavy atom. The summed E-state index contributed by atoms with van der Waals surface area (Å²) in [7, 11) is 0. The molecule has 0 aliphatic rings. The first-order valence-electron chi connectivity index (χ1n) is 10.4. The van der Waals surface area contributed by atoms with E-state index in [1.165, 1.54) is 11.8 Å². The van der Waals surface area contributed by atoms with Crippen LogP contribution in [0.1, 0.15) is 16.9 Å². The molecule has 9 heteroatoms. The van der Waals surface area contributed by atoms with E-state index in [2.05, 4.69) is 15.5 Å². The van der Waals surface area contributed by atoms with Gasteiger partial charge in [0.2, 0.25) is 11.7 Å². The van der Waals surface area contributed by atoms with Crippen LogP contribution in [0.3, 0.4) is 0 Å². The highest BCUT2D eigenvalue weighted by Crippen LogP contribution is 2.24. The van der Waals surface area contributed by atoms with Gasteiger partial charge in [-0.3, -0.25) is 14.0 Å². The standard InChI is InChI=1S/C24H21N5O3S/c1-15-9-10-19(16(2)12-15)28-22(31)18-7-3-4-8-20(18)29-23(28)26-27-24(29)33-14-21(30)25-13-17-6-5-11-32-17/h3-12H,13-14H2,1-2H3,(H,25,30). The number of benzene rings is 2. The van der Waals surface area contributed by atoms with Gasteiger partial charge in [0.1, 0.15) is 5.76 Å². The van der Waals surface area contributed by atoms with Gasteiger partial charge in [-0.1, -0.05) is 41.6 Å². The normalized spacial score (nSPS) is 11.3. The fourth-order valence-electron chi connectivity index (χ4n) is 3.83. The number of amides is 1. The second-order valence-electron chi connectivity index (χ2n) is 7.71. The Kier molecular flexibility index (Phi) is 5.47. The summed E-state index contributed by atoms with van der Waals surface area (Å²) in [4.78, 5) is 25.8. The van der Waals surface area contributed by atoms with E-state index in [4.69, 9.17) is 4.42 Å². The summed E-state index contributed by atoms with van der Waals surface area (Å²) in [5.41, 5.74) is 3.36. The number of thioether (sulfide) groups is 1. The molecule has 3 heterocycles. The zero-order valence-electron chi connectivity index (χ0n) is 18.1. The van der Waals surface area contributed by atoms with Gasteiger partial charge in [-0.05, 0) is 49.7 Å². The molecule has 2 aromatic carbocycles. The first kappa shape index (κ1) is 21.0. The van der Waals surface area contributed by atoms with Crippen LogP contribution in [-0.2, 0) is 11.3 Å². The molecule has 0 atom stereocenters. The Labute approximate surface area is 193 Å². The maximum Gasteiger partial charge on any atom is 0.267 e. The minimum absolute atomic E-state index is 0.151. The highest BCUT2D eigenvalue weighted by molar-refractivity contribution is 7.99. The van der Waals surface area contributed by atoms with Crippen molar-refractivity contribution in [3.63, 3.8) is 0 Å². The van der Waals surface area contributed by atoms with Gasteiger partial charge in [0.15, 0.2) is 5.16 Å². The van der Waals surface area contributed by atoms with Gasteiger partial charge in [-0.15, -0.1) is 10.2 Å². The van der Waals surface area contributed by atoms with Crippen LogP contribution in [0.25, 0.3) is 22.4 Å². The van der Waals surface area contributed by atoms with Gasteiger partial charge in [0.25, 0.3) is 5.56 Å². The zero-order chi connectivity index (χ0) is 22.9. The van der Waals surface area contributed by atoms with E-state index in [1.807, 2.05) is 54.6 Å². The van der Waals surface area contributed by atoms with Crippen molar-refractivity contribution >= 4 is 34.3 Å². The highest BCUT2D eigenvalue weighted by atomic mass is 32.2. The van der Waals surface area contributed by atoms with Crippen LogP contribution in [-0.4, -0.2) is 30.8 Å². The molecule has 0 unspecified atom stereocenters. The second kappa shape index (κ2) is 8.59. The number of furan rings is 1. The largest absolute Gasteiger partial charge is 0.467 e. The number of carbonyl (C=O) groups is 1. The van der Waals surface area contributed by atoms with Gasteiger partial charge in [-0.2, -0.15) is 0 Å². The number of rotatable bonds is 6. The lowest BCUT2D eigenvalue weighted by Gasteiger charge is -2.13. The summed E-state index contributed by atoms with van der Waals surface area (Å²) < 4.78 is 8.67. The third-order valence-electron chi connectivity index (χ3n) is 5.36. The maximum atomic E-state index is 13.5. The molecule has 0 radical (unpaired) electrons. The van der Waals surface area contributed by atoms with Crippen LogP contribution in [0.4, 0.5) is 0 Å². The van der Waals surface area contributed by atoms with E-state index in [9.17, 15) is 9.59 Å². The predicted molar refractivity (Wildman–Crippen MR) is 127 cm³/mol. The van der Waals surface area contributed by atoms with E-state index in [1.54, 1.807) is 29.0 Å². The van der Waals surface area contributed by atoms with Crippen LogP contribution in [0.5, 0.6) is 0 Å². The van der Waals surface area contributed by atoms with E-state index < -0.39 is 0 Å². The van der Waals surface area contributed by atoms with Gasteiger partial charge in [-0.25, -0.2) is 4.57 Å². The molecule has 0 saturated carbocycles. The Morgan fingerprint density at radius 2 is 1.94 bits per heavy atom. The number of para-hydroxylation sites is 1. The Hall–Kier alpha value is -3.85. The smallest absolute Gasteiger partial charge is 0.267 e. The Balaban J connectivity index is 1.55. The van der Waals surface area contributed by atoms with E-state index in [-0.39, 0.29) is 17.2 Å². The van der Waals surface area contributed by atoms with Crippen molar-refractivity contribution in [3.05, 3.63) is 88.1 Å². The minimum Gasteiger partial charge on any atom is -0.467 e. The number of aromatic nitrogens is 4. The van der Waals surface area contributed by atoms with Crippen molar-refractivity contribution in [2.45, 2.75) is 25.5 Å². The van der Waals surface area contributed by atoms with Crippen LogP contribution in [0.2, 0.25) is 0 Å². The zero-order valence-corrected chi connectivity index (χ0v) is 18.9. The molecular weight excluding hydrogens is 438 g/mol. The predicted octanol–water partition coefficient (Wildman–Crippen LogP) is 3.65. The number of aryl methyl sites for hydroxylation is 2. The van der Waals surface area contributed by atoms with Gasteiger partial charge >= 0.3 is 0 Å². The second-order valence-corrected chi connectivity index (χ2v) is 8.65. The van der Waals surface area contributed by atoms with Crippen LogP contribution < -0.4 is 10.9 Å². The molecule has 0 aliphatic heterocycles. The number of hydrogen-bond donors (Lipinski definition) is 1. The lowest BCUT2D eigenvalue weighted by atomic mass is 10.1. The molecule has 0 fully saturated rings. The average Bonchev–Trinajstić information content (AvgIpc) is 3.48. The third-order valence-corrected chi connectivity index (χ3v) is 6.29. The highest BCUT2D eigenvalue weighted by Gasteiger charge is 2.19. The molecule has 33 heavy (non-hydrogen) atoms. The molecule has 0 spiro atoms.